The minimum absolute atomic E-state index is 0.460. The summed E-state index contributed by atoms with van der Waals surface area (Å²) in [5.74, 6) is -3.16. The Morgan fingerprint density at radius 1 is 1.08 bits per heavy atom. The van der Waals surface area contributed by atoms with E-state index in [1.54, 1.807) is 0 Å². The molecule has 0 radical (unpaired) electrons. The molecule has 3 rings (SSSR count). The van der Waals surface area contributed by atoms with Crippen LogP contribution in [0.3, 0.4) is 0 Å². The molecular weight excluding hydrogens is 360 g/mol. The van der Waals surface area contributed by atoms with Gasteiger partial charge in [-0.25, -0.2) is 13.6 Å². The molecule has 7 heteroatoms. The van der Waals surface area contributed by atoms with Crippen LogP contribution in [0, 0.1) is 11.6 Å². The van der Waals surface area contributed by atoms with Crippen LogP contribution in [-0.2, 0) is 22.4 Å². The number of carbonyl (C=O) groups excluding carboxylic acids is 2. The van der Waals surface area contributed by atoms with Gasteiger partial charge in [0.2, 0.25) is 0 Å². The van der Waals surface area contributed by atoms with E-state index in [0.29, 0.717) is 4.88 Å². The number of thiophene rings is 1. The number of esters is 1. The molecule has 0 aliphatic heterocycles. The average molecular weight is 379 g/mol. The van der Waals surface area contributed by atoms with Gasteiger partial charge in [-0.2, -0.15) is 0 Å². The summed E-state index contributed by atoms with van der Waals surface area (Å²) in [4.78, 5) is 25.7. The van der Waals surface area contributed by atoms with E-state index in [9.17, 15) is 18.4 Å². The smallest absolute Gasteiger partial charge is 0.348 e. The van der Waals surface area contributed by atoms with Crippen molar-refractivity contribution in [1.82, 2.24) is 0 Å². The average Bonchev–Trinajstić information content (AvgIpc) is 2.98. The second-order valence-corrected chi connectivity index (χ2v) is 7.33. The number of nitrogens with one attached hydrogen (secondary N) is 1. The number of rotatable bonds is 4. The molecule has 1 N–H and O–H groups in total. The molecule has 0 bridgehead atoms. The van der Waals surface area contributed by atoms with Gasteiger partial charge in [0.1, 0.15) is 22.2 Å². The van der Waals surface area contributed by atoms with Gasteiger partial charge in [-0.3, -0.25) is 4.79 Å². The molecular formula is C19H19F2NO3S. The molecule has 1 heterocycles. The van der Waals surface area contributed by atoms with Crippen LogP contribution in [0.5, 0.6) is 0 Å². The molecule has 26 heavy (non-hydrogen) atoms. The van der Waals surface area contributed by atoms with Crippen LogP contribution in [0.2, 0.25) is 0 Å². The number of amides is 1. The zero-order valence-corrected chi connectivity index (χ0v) is 15.0. The highest BCUT2D eigenvalue weighted by atomic mass is 32.1. The molecule has 0 saturated heterocycles. The first-order valence-corrected chi connectivity index (χ1v) is 9.39. The van der Waals surface area contributed by atoms with Gasteiger partial charge in [0, 0.05) is 4.88 Å². The normalized spacial score (nSPS) is 14.1. The lowest BCUT2D eigenvalue weighted by Gasteiger charge is -2.07. The fourth-order valence-corrected chi connectivity index (χ4v) is 4.09. The Morgan fingerprint density at radius 2 is 1.77 bits per heavy atom. The number of hydrogen-bond donors (Lipinski definition) is 1. The molecule has 0 unspecified atom stereocenters. The molecule has 4 nitrogen and oxygen atoms in total. The number of carbonyl (C=O) groups is 2. The van der Waals surface area contributed by atoms with Crippen molar-refractivity contribution in [2.45, 2.75) is 38.5 Å². The van der Waals surface area contributed by atoms with E-state index in [1.807, 2.05) is 6.07 Å². The number of aryl methyl sites for hydroxylation is 2. The summed E-state index contributed by atoms with van der Waals surface area (Å²) in [6.45, 7) is -0.602. The zero-order valence-electron chi connectivity index (χ0n) is 14.1. The van der Waals surface area contributed by atoms with Crippen LogP contribution in [0.25, 0.3) is 0 Å². The molecule has 1 aromatic carbocycles. The van der Waals surface area contributed by atoms with E-state index in [1.165, 1.54) is 40.7 Å². The van der Waals surface area contributed by atoms with Crippen LogP contribution < -0.4 is 5.32 Å². The van der Waals surface area contributed by atoms with E-state index in [-0.39, 0.29) is 0 Å². The van der Waals surface area contributed by atoms with Crippen molar-refractivity contribution in [2.75, 3.05) is 11.9 Å². The van der Waals surface area contributed by atoms with Gasteiger partial charge in [0.15, 0.2) is 6.61 Å². The van der Waals surface area contributed by atoms with Crippen LogP contribution in [0.1, 0.15) is 45.8 Å². The van der Waals surface area contributed by atoms with Gasteiger partial charge in [-0.15, -0.1) is 11.3 Å². The van der Waals surface area contributed by atoms with Crippen molar-refractivity contribution in [3.63, 3.8) is 0 Å². The van der Waals surface area contributed by atoms with Crippen LogP contribution in [0.4, 0.5) is 14.5 Å². The van der Waals surface area contributed by atoms with Crippen LogP contribution in [0.15, 0.2) is 24.3 Å². The van der Waals surface area contributed by atoms with Gasteiger partial charge in [0.05, 0.1) is 0 Å². The summed E-state index contributed by atoms with van der Waals surface area (Å²) in [6, 6.07) is 5.10. The van der Waals surface area contributed by atoms with Gasteiger partial charge in [0.25, 0.3) is 5.91 Å². The maximum absolute atomic E-state index is 13.5. The maximum atomic E-state index is 13.5. The first kappa shape index (κ1) is 18.5. The van der Waals surface area contributed by atoms with Crippen molar-refractivity contribution >= 4 is 28.9 Å². The Labute approximate surface area is 154 Å². The minimum atomic E-state index is -0.886. The second-order valence-electron chi connectivity index (χ2n) is 6.19. The van der Waals surface area contributed by atoms with Crippen LogP contribution in [-0.4, -0.2) is 18.5 Å². The number of halogens is 2. The summed E-state index contributed by atoms with van der Waals surface area (Å²) >= 11 is 1.40. The summed E-state index contributed by atoms with van der Waals surface area (Å²) in [5.41, 5.74) is 0.632. The van der Waals surface area contributed by atoms with E-state index in [4.69, 9.17) is 4.74 Å². The predicted molar refractivity (Wildman–Crippen MR) is 95.5 cm³/mol. The Morgan fingerprint density at radius 3 is 2.50 bits per heavy atom. The minimum Gasteiger partial charge on any atom is -0.451 e. The third-order valence-corrected chi connectivity index (χ3v) is 5.48. The largest absolute Gasteiger partial charge is 0.451 e. The number of fused-ring (bicyclic) bond motifs is 1. The third-order valence-electron chi connectivity index (χ3n) is 4.26. The molecule has 1 aromatic heterocycles. The van der Waals surface area contributed by atoms with Crippen molar-refractivity contribution in [2.24, 2.45) is 0 Å². The fraction of sp³-hybridized carbons (Fsp3) is 0.368. The molecule has 0 atom stereocenters. The lowest BCUT2D eigenvalue weighted by molar-refractivity contribution is -0.119. The van der Waals surface area contributed by atoms with Crippen molar-refractivity contribution in [1.29, 1.82) is 0 Å². The number of anilines is 1. The molecule has 1 aliphatic carbocycles. The topological polar surface area (TPSA) is 55.4 Å². The Hall–Kier alpha value is -2.28. The summed E-state index contributed by atoms with van der Waals surface area (Å²) in [6.07, 6.45) is 6.52. The van der Waals surface area contributed by atoms with Crippen molar-refractivity contribution in [3.05, 3.63) is 51.2 Å². The molecule has 1 amide bonds. The monoisotopic (exact) mass is 379 g/mol. The second kappa shape index (κ2) is 8.40. The highest BCUT2D eigenvalue weighted by Crippen LogP contribution is 2.29. The zero-order chi connectivity index (χ0) is 18.5. The number of benzene rings is 1. The highest BCUT2D eigenvalue weighted by molar-refractivity contribution is 7.14. The number of para-hydroxylation sites is 1. The number of ether oxygens (including phenoxy) is 1. The summed E-state index contributed by atoms with van der Waals surface area (Å²) in [5, 5.41) is 2.09. The number of hydrogen-bond acceptors (Lipinski definition) is 4. The quantitative estimate of drug-likeness (QED) is 0.797. The summed E-state index contributed by atoms with van der Waals surface area (Å²) < 4.78 is 32.0. The Kier molecular flexibility index (Phi) is 5.98. The van der Waals surface area contributed by atoms with Crippen molar-refractivity contribution in [3.8, 4) is 0 Å². The molecule has 0 saturated carbocycles. The third kappa shape index (κ3) is 4.46. The SMILES string of the molecule is O=C(COC(=O)c1cc2c(s1)CCCCCC2)Nc1c(F)cccc1F. The summed E-state index contributed by atoms with van der Waals surface area (Å²) in [7, 11) is 0. The van der Waals surface area contributed by atoms with Gasteiger partial charge < -0.3 is 10.1 Å². The molecule has 138 valence electrons. The first-order chi connectivity index (χ1) is 12.5. The Balaban J connectivity index is 1.58. The predicted octanol–water partition coefficient (Wildman–Crippen LogP) is 4.48. The van der Waals surface area contributed by atoms with Crippen molar-refractivity contribution < 1.29 is 23.1 Å². The van der Waals surface area contributed by atoms with E-state index >= 15 is 0 Å². The van der Waals surface area contributed by atoms with E-state index < -0.39 is 35.8 Å². The molecule has 0 spiro atoms. The molecule has 0 fully saturated rings. The first-order valence-electron chi connectivity index (χ1n) is 8.57. The Bertz CT molecular complexity index is 773. The van der Waals surface area contributed by atoms with E-state index in [0.717, 1.165) is 37.8 Å². The van der Waals surface area contributed by atoms with E-state index in [2.05, 4.69) is 5.32 Å². The standard InChI is InChI=1S/C19H19F2NO3S/c20-13-7-5-8-14(21)18(13)22-17(23)11-25-19(24)16-10-12-6-3-1-2-4-9-15(12)26-16/h5,7-8,10H,1-4,6,9,11H2,(H,22,23). The van der Waals surface area contributed by atoms with Crippen LogP contribution >= 0.6 is 11.3 Å². The molecule has 2 aromatic rings. The lowest BCUT2D eigenvalue weighted by Crippen LogP contribution is -2.21. The van der Waals surface area contributed by atoms with Gasteiger partial charge in [-0.1, -0.05) is 18.9 Å². The maximum Gasteiger partial charge on any atom is 0.348 e. The van der Waals surface area contributed by atoms with Gasteiger partial charge >= 0.3 is 5.97 Å². The highest BCUT2D eigenvalue weighted by Gasteiger charge is 2.19. The molecule has 1 aliphatic rings. The van der Waals surface area contributed by atoms with Gasteiger partial charge in [-0.05, 0) is 49.4 Å². The fourth-order valence-electron chi connectivity index (χ4n) is 2.94. The lowest BCUT2D eigenvalue weighted by atomic mass is 10.00.